The minimum absolute atomic E-state index is 0.278. The van der Waals surface area contributed by atoms with Crippen LogP contribution in [0.2, 0.25) is 0 Å². The summed E-state index contributed by atoms with van der Waals surface area (Å²) in [5.41, 5.74) is -3.92. The SMILES string of the molecule is C#C[C@@]1(O)[C@H](O)[C@@H](COP(=S)(N[C@@H](CI)C(=O)OC(C)C)Oc2ccccc2)O[C@H]1n1ccc(=O)[nH]c1=O. The van der Waals surface area contributed by atoms with E-state index in [1.165, 1.54) is 0 Å². The molecule has 0 radical (unpaired) electrons. The van der Waals surface area contributed by atoms with Gasteiger partial charge in [-0.05, 0) is 37.8 Å². The number of hydrogen-bond donors (Lipinski definition) is 4. The number of rotatable bonds is 11. The molecule has 206 valence electrons. The number of ether oxygens (including phenoxy) is 2. The fourth-order valence-corrected chi connectivity index (χ4v) is 6.74. The number of esters is 1. The number of carbonyl (C=O) groups excluding carboxylic acids is 1. The molecular weight excluding hydrogens is 652 g/mol. The van der Waals surface area contributed by atoms with Crippen LogP contribution in [0.4, 0.5) is 0 Å². The summed E-state index contributed by atoms with van der Waals surface area (Å²) in [6.45, 7) is -0.525. The molecule has 0 bridgehead atoms. The van der Waals surface area contributed by atoms with Gasteiger partial charge in [0.25, 0.3) is 5.56 Å². The van der Waals surface area contributed by atoms with E-state index in [0.29, 0.717) is 5.75 Å². The summed E-state index contributed by atoms with van der Waals surface area (Å²) in [5, 5.41) is 24.8. The highest BCUT2D eigenvalue weighted by Crippen LogP contribution is 2.47. The number of hydrogen-bond acceptors (Lipinski definition) is 10. The Labute approximate surface area is 237 Å². The maximum atomic E-state index is 12.6. The number of carbonyl (C=O) groups is 1. The number of terminal acetylenes is 1. The van der Waals surface area contributed by atoms with Crippen molar-refractivity contribution in [1.82, 2.24) is 14.6 Å². The van der Waals surface area contributed by atoms with Crippen molar-refractivity contribution in [3.8, 4) is 18.1 Å². The zero-order valence-electron chi connectivity index (χ0n) is 20.4. The van der Waals surface area contributed by atoms with Gasteiger partial charge in [-0.2, -0.15) is 0 Å². The average molecular weight is 679 g/mol. The van der Waals surface area contributed by atoms with Crippen molar-refractivity contribution in [2.75, 3.05) is 11.0 Å². The molecule has 3 rings (SSSR count). The molecule has 12 nitrogen and oxygen atoms in total. The molecule has 38 heavy (non-hydrogen) atoms. The molecule has 1 saturated heterocycles. The first-order chi connectivity index (χ1) is 17.9. The molecule has 0 spiro atoms. The first-order valence-electron chi connectivity index (χ1n) is 11.3. The standard InChI is InChI=1S/C23H27IN3O9PS/c1-4-23(32)19(29)17(35-21(23)27-11-10-18(28)25-22(27)31)13-33-37(38,36-15-8-6-5-7-9-15)26-16(12-24)20(30)34-14(2)3/h1,5-11,14,16-17,19,21,29,32H,12-13H2,2-3H3,(H,26,38)(H,25,28,31)/t16-,17+,19+,21+,23+,37?/m0/s1. The Bertz CT molecular complexity index is 1330. The molecule has 1 fully saturated rings. The van der Waals surface area contributed by atoms with Crippen LogP contribution in [-0.4, -0.2) is 66.7 Å². The average Bonchev–Trinajstić information content (AvgIpc) is 3.12. The minimum atomic E-state index is -3.51. The van der Waals surface area contributed by atoms with Gasteiger partial charge in [0.2, 0.25) is 0 Å². The molecule has 1 aromatic heterocycles. The Balaban J connectivity index is 1.86. The Morgan fingerprint density at radius 2 is 2.05 bits per heavy atom. The number of halogens is 1. The lowest BCUT2D eigenvalue weighted by atomic mass is 9.95. The fraction of sp³-hybridized carbons (Fsp3) is 0.435. The molecule has 6 atom stereocenters. The number of H-pyrrole nitrogens is 1. The van der Waals surface area contributed by atoms with Crippen LogP contribution in [0.15, 0.2) is 52.2 Å². The Kier molecular flexibility index (Phi) is 10.3. The number of alkyl halides is 1. The molecular formula is C23H27IN3O9PS. The molecule has 4 N–H and O–H groups in total. The van der Waals surface area contributed by atoms with Crippen LogP contribution < -0.4 is 20.9 Å². The van der Waals surface area contributed by atoms with Gasteiger partial charge < -0.3 is 28.7 Å². The fourth-order valence-electron chi connectivity index (χ4n) is 3.49. The van der Waals surface area contributed by atoms with Crippen LogP contribution >= 0.6 is 29.2 Å². The van der Waals surface area contributed by atoms with Crippen LogP contribution in [-0.2, 0) is 30.6 Å². The monoisotopic (exact) mass is 679 g/mol. The topological polar surface area (TPSA) is 161 Å². The molecule has 0 saturated carbocycles. The van der Waals surface area contributed by atoms with E-state index < -0.39 is 60.5 Å². The summed E-state index contributed by atoms with van der Waals surface area (Å²) in [4.78, 5) is 38.4. The normalized spacial score (nSPS) is 25.3. The molecule has 0 amide bonds. The number of para-hydroxylation sites is 1. The second kappa shape index (κ2) is 12.8. The van der Waals surface area contributed by atoms with E-state index >= 15 is 0 Å². The quantitative estimate of drug-likeness (QED) is 0.0876. The number of aliphatic hydroxyl groups is 2. The molecule has 1 aromatic carbocycles. The lowest BCUT2D eigenvalue weighted by Gasteiger charge is -2.29. The molecule has 2 heterocycles. The summed E-state index contributed by atoms with van der Waals surface area (Å²) in [6, 6.07) is 8.68. The third-order valence-corrected chi connectivity index (χ3v) is 8.61. The number of aliphatic hydroxyl groups excluding tert-OH is 1. The Hall–Kier alpha value is -2.09. The number of aromatic nitrogens is 2. The second-order valence-electron chi connectivity index (χ2n) is 8.48. The summed E-state index contributed by atoms with van der Waals surface area (Å²) < 4.78 is 24.0. The van der Waals surface area contributed by atoms with E-state index in [-0.39, 0.29) is 10.5 Å². The number of nitrogens with one attached hydrogen (secondary N) is 2. The summed E-state index contributed by atoms with van der Waals surface area (Å²) >= 11 is 7.68. The smallest absolute Gasteiger partial charge is 0.330 e. The zero-order chi connectivity index (χ0) is 28.1. The molecule has 0 aliphatic carbocycles. The maximum Gasteiger partial charge on any atom is 0.330 e. The number of benzene rings is 1. The maximum absolute atomic E-state index is 12.6. The highest BCUT2D eigenvalue weighted by Gasteiger charge is 2.56. The second-order valence-corrected chi connectivity index (χ2v) is 12.5. The summed E-state index contributed by atoms with van der Waals surface area (Å²) in [6.07, 6.45) is 1.68. The first-order valence-corrected chi connectivity index (χ1v) is 15.5. The predicted octanol–water partition coefficient (Wildman–Crippen LogP) is 0.824. The molecule has 2 aromatic rings. The number of nitrogens with zero attached hydrogens (tertiary/aromatic N) is 1. The first kappa shape index (κ1) is 30.5. The van der Waals surface area contributed by atoms with Gasteiger partial charge in [0.1, 0.15) is 24.0 Å². The largest absolute Gasteiger partial charge is 0.462 e. The van der Waals surface area contributed by atoms with Gasteiger partial charge in [-0.25, -0.2) is 9.88 Å². The third kappa shape index (κ3) is 7.10. The van der Waals surface area contributed by atoms with E-state index in [1.807, 2.05) is 27.6 Å². The van der Waals surface area contributed by atoms with Crippen molar-refractivity contribution in [3.05, 3.63) is 63.4 Å². The zero-order valence-corrected chi connectivity index (χ0v) is 24.2. The highest BCUT2D eigenvalue weighted by molar-refractivity contribution is 14.1. The van der Waals surface area contributed by atoms with Gasteiger partial charge in [0.05, 0.1) is 12.7 Å². The van der Waals surface area contributed by atoms with Gasteiger partial charge >= 0.3 is 18.3 Å². The summed E-state index contributed by atoms with van der Waals surface area (Å²) in [5.74, 6) is 1.87. The van der Waals surface area contributed by atoms with Crippen molar-refractivity contribution >= 4 is 47.0 Å². The molecule has 1 unspecified atom stereocenters. The van der Waals surface area contributed by atoms with Gasteiger partial charge in [-0.3, -0.25) is 19.1 Å². The lowest BCUT2D eigenvalue weighted by Crippen LogP contribution is -2.48. The van der Waals surface area contributed by atoms with Crippen LogP contribution in [0.3, 0.4) is 0 Å². The Morgan fingerprint density at radius 3 is 2.63 bits per heavy atom. The van der Waals surface area contributed by atoms with E-state index in [1.54, 1.807) is 44.2 Å². The van der Waals surface area contributed by atoms with Crippen LogP contribution in [0, 0.1) is 12.3 Å². The molecule has 1 aliphatic rings. The van der Waals surface area contributed by atoms with E-state index in [9.17, 15) is 24.6 Å². The van der Waals surface area contributed by atoms with Crippen LogP contribution in [0.5, 0.6) is 5.75 Å². The van der Waals surface area contributed by atoms with Crippen LogP contribution in [0.25, 0.3) is 0 Å². The lowest BCUT2D eigenvalue weighted by molar-refractivity contribution is -0.148. The van der Waals surface area contributed by atoms with Gasteiger partial charge in [0.15, 0.2) is 11.8 Å². The van der Waals surface area contributed by atoms with Crippen molar-refractivity contribution in [2.24, 2.45) is 0 Å². The van der Waals surface area contributed by atoms with Gasteiger partial charge in [-0.1, -0.05) is 46.7 Å². The van der Waals surface area contributed by atoms with E-state index in [2.05, 4.69) is 11.0 Å². The van der Waals surface area contributed by atoms with Gasteiger partial charge in [-0.15, -0.1) is 6.42 Å². The third-order valence-electron chi connectivity index (χ3n) is 5.30. The Morgan fingerprint density at radius 1 is 1.37 bits per heavy atom. The van der Waals surface area contributed by atoms with Crippen molar-refractivity contribution in [1.29, 1.82) is 0 Å². The van der Waals surface area contributed by atoms with Crippen molar-refractivity contribution in [2.45, 2.75) is 50.0 Å². The van der Waals surface area contributed by atoms with Crippen LogP contribution in [0.1, 0.15) is 20.1 Å². The molecule has 15 heteroatoms. The van der Waals surface area contributed by atoms with Gasteiger partial charge in [0, 0.05) is 16.7 Å². The number of aromatic amines is 1. The van der Waals surface area contributed by atoms with Crippen molar-refractivity contribution < 1.29 is 33.5 Å². The molecule has 1 aliphatic heterocycles. The van der Waals surface area contributed by atoms with E-state index in [4.69, 9.17) is 36.8 Å². The highest BCUT2D eigenvalue weighted by atomic mass is 127. The minimum Gasteiger partial charge on any atom is -0.462 e. The summed E-state index contributed by atoms with van der Waals surface area (Å²) in [7, 11) is 0. The van der Waals surface area contributed by atoms with Crippen molar-refractivity contribution in [3.63, 3.8) is 0 Å². The van der Waals surface area contributed by atoms with E-state index in [0.717, 1.165) is 16.8 Å². The predicted molar refractivity (Wildman–Crippen MR) is 149 cm³/mol.